The molecule has 0 aromatic heterocycles. The summed E-state index contributed by atoms with van der Waals surface area (Å²) in [5.74, 6) is 0.703. The molecule has 0 saturated heterocycles. The Kier molecular flexibility index (Phi) is 6.09. The lowest BCUT2D eigenvalue weighted by atomic mass is 9.98. The van der Waals surface area contributed by atoms with Crippen molar-refractivity contribution in [2.24, 2.45) is 5.92 Å². The highest BCUT2D eigenvalue weighted by atomic mass is 19.1. The molecule has 0 heterocycles. The SMILES string of the molecule is COc1ccc(F)cc1[C@H](CC(C)C)OCCO. The van der Waals surface area contributed by atoms with E-state index in [-0.39, 0.29) is 25.1 Å². The van der Waals surface area contributed by atoms with Crippen molar-refractivity contribution in [1.29, 1.82) is 0 Å². The maximum absolute atomic E-state index is 13.3. The molecule has 0 aliphatic heterocycles. The molecule has 0 aliphatic rings. The zero-order valence-corrected chi connectivity index (χ0v) is 11.1. The van der Waals surface area contributed by atoms with E-state index in [4.69, 9.17) is 14.6 Å². The largest absolute Gasteiger partial charge is 0.496 e. The summed E-state index contributed by atoms with van der Waals surface area (Å²) in [6.07, 6.45) is 0.489. The van der Waals surface area contributed by atoms with E-state index in [0.29, 0.717) is 17.2 Å². The minimum atomic E-state index is -0.313. The average Bonchev–Trinajstić information content (AvgIpc) is 2.34. The molecule has 1 aromatic rings. The first kappa shape index (κ1) is 14.9. The van der Waals surface area contributed by atoms with Crippen LogP contribution in [-0.2, 0) is 4.74 Å². The summed E-state index contributed by atoms with van der Waals surface area (Å²) >= 11 is 0. The van der Waals surface area contributed by atoms with E-state index in [0.717, 1.165) is 6.42 Å². The third-order valence-electron chi connectivity index (χ3n) is 2.63. The Morgan fingerprint density at radius 2 is 2.06 bits per heavy atom. The molecule has 0 radical (unpaired) electrons. The molecular weight excluding hydrogens is 235 g/mol. The van der Waals surface area contributed by atoms with Crippen LogP contribution in [0.1, 0.15) is 31.9 Å². The quantitative estimate of drug-likeness (QED) is 0.815. The van der Waals surface area contributed by atoms with E-state index < -0.39 is 0 Å². The van der Waals surface area contributed by atoms with Gasteiger partial charge in [-0.2, -0.15) is 0 Å². The van der Waals surface area contributed by atoms with Crippen LogP contribution in [0.4, 0.5) is 4.39 Å². The Bertz CT molecular complexity index is 366. The molecular formula is C14H21FO3. The number of aliphatic hydroxyl groups excluding tert-OH is 1. The smallest absolute Gasteiger partial charge is 0.124 e. The molecule has 1 aromatic carbocycles. The van der Waals surface area contributed by atoms with Gasteiger partial charge in [-0.15, -0.1) is 0 Å². The Morgan fingerprint density at radius 3 is 2.61 bits per heavy atom. The zero-order chi connectivity index (χ0) is 13.5. The van der Waals surface area contributed by atoms with E-state index in [2.05, 4.69) is 13.8 Å². The first-order chi connectivity index (χ1) is 8.58. The second-order valence-electron chi connectivity index (χ2n) is 4.60. The van der Waals surface area contributed by atoms with Crippen LogP contribution in [0.25, 0.3) is 0 Å². The van der Waals surface area contributed by atoms with Crippen LogP contribution >= 0.6 is 0 Å². The van der Waals surface area contributed by atoms with Gasteiger partial charge in [-0.25, -0.2) is 4.39 Å². The number of hydrogen-bond acceptors (Lipinski definition) is 3. The summed E-state index contributed by atoms with van der Waals surface area (Å²) in [4.78, 5) is 0. The molecule has 18 heavy (non-hydrogen) atoms. The minimum Gasteiger partial charge on any atom is -0.496 e. The number of hydrogen-bond donors (Lipinski definition) is 1. The van der Waals surface area contributed by atoms with Gasteiger partial charge in [-0.05, 0) is 30.5 Å². The van der Waals surface area contributed by atoms with Crippen molar-refractivity contribution in [3.63, 3.8) is 0 Å². The lowest BCUT2D eigenvalue weighted by molar-refractivity contribution is 0.0149. The highest BCUT2D eigenvalue weighted by molar-refractivity contribution is 5.35. The summed E-state index contributed by atoms with van der Waals surface area (Å²) in [6.45, 7) is 4.32. The molecule has 0 saturated carbocycles. The summed E-state index contributed by atoms with van der Waals surface area (Å²) in [5, 5.41) is 8.85. The molecule has 0 unspecified atom stereocenters. The monoisotopic (exact) mass is 256 g/mol. The molecule has 3 nitrogen and oxygen atoms in total. The number of aliphatic hydroxyl groups is 1. The third kappa shape index (κ3) is 4.27. The van der Waals surface area contributed by atoms with Crippen molar-refractivity contribution in [3.05, 3.63) is 29.6 Å². The average molecular weight is 256 g/mol. The van der Waals surface area contributed by atoms with Gasteiger partial charge < -0.3 is 14.6 Å². The molecule has 102 valence electrons. The second-order valence-corrected chi connectivity index (χ2v) is 4.60. The maximum atomic E-state index is 13.3. The van der Waals surface area contributed by atoms with Gasteiger partial charge >= 0.3 is 0 Å². The topological polar surface area (TPSA) is 38.7 Å². The van der Waals surface area contributed by atoms with E-state index in [1.165, 1.54) is 12.1 Å². The highest BCUT2D eigenvalue weighted by Gasteiger charge is 2.19. The molecule has 0 bridgehead atoms. The van der Waals surface area contributed by atoms with Crippen LogP contribution in [0, 0.1) is 11.7 Å². The van der Waals surface area contributed by atoms with Crippen molar-refractivity contribution in [3.8, 4) is 5.75 Å². The summed E-state index contributed by atoms with van der Waals surface area (Å²) < 4.78 is 24.2. The fourth-order valence-electron chi connectivity index (χ4n) is 1.86. The van der Waals surface area contributed by atoms with E-state index in [1.54, 1.807) is 13.2 Å². The lowest BCUT2D eigenvalue weighted by Gasteiger charge is -2.22. The Hall–Kier alpha value is -1.13. The van der Waals surface area contributed by atoms with Gasteiger partial charge in [0.05, 0.1) is 26.4 Å². The van der Waals surface area contributed by atoms with E-state index in [1.807, 2.05) is 0 Å². The number of methoxy groups -OCH3 is 1. The number of halogens is 1. The van der Waals surface area contributed by atoms with Crippen LogP contribution in [-0.4, -0.2) is 25.4 Å². The van der Waals surface area contributed by atoms with Gasteiger partial charge in [-0.1, -0.05) is 13.8 Å². The van der Waals surface area contributed by atoms with E-state index >= 15 is 0 Å². The first-order valence-corrected chi connectivity index (χ1v) is 6.14. The molecule has 0 aliphatic carbocycles. The summed E-state index contributed by atoms with van der Waals surface area (Å²) in [5.41, 5.74) is 0.694. The van der Waals surface area contributed by atoms with Crippen molar-refractivity contribution < 1.29 is 19.0 Å². The van der Waals surface area contributed by atoms with Gasteiger partial charge in [0.1, 0.15) is 11.6 Å². The Labute approximate surface area is 108 Å². The predicted molar refractivity (Wildman–Crippen MR) is 68.2 cm³/mol. The first-order valence-electron chi connectivity index (χ1n) is 6.14. The number of ether oxygens (including phenoxy) is 2. The lowest BCUT2D eigenvalue weighted by Crippen LogP contribution is -2.12. The summed E-state index contributed by atoms with van der Waals surface area (Å²) in [6, 6.07) is 4.39. The van der Waals surface area contributed by atoms with Crippen LogP contribution in [0.15, 0.2) is 18.2 Å². The van der Waals surface area contributed by atoms with Crippen molar-refractivity contribution >= 4 is 0 Å². The van der Waals surface area contributed by atoms with Crippen molar-refractivity contribution in [2.75, 3.05) is 20.3 Å². The number of benzene rings is 1. The molecule has 0 spiro atoms. The zero-order valence-electron chi connectivity index (χ0n) is 11.1. The number of rotatable bonds is 7. The van der Waals surface area contributed by atoms with Crippen LogP contribution in [0.5, 0.6) is 5.75 Å². The van der Waals surface area contributed by atoms with Crippen molar-refractivity contribution in [2.45, 2.75) is 26.4 Å². The maximum Gasteiger partial charge on any atom is 0.124 e. The van der Waals surface area contributed by atoms with Crippen LogP contribution in [0.2, 0.25) is 0 Å². The minimum absolute atomic E-state index is 0.0494. The highest BCUT2D eigenvalue weighted by Crippen LogP contribution is 2.32. The standard InChI is InChI=1S/C14H21FO3/c1-10(2)8-14(18-7-6-16)12-9-11(15)4-5-13(12)17-3/h4-5,9-10,14,16H,6-8H2,1-3H3/t14-/m0/s1. The summed E-state index contributed by atoms with van der Waals surface area (Å²) in [7, 11) is 1.55. The van der Waals surface area contributed by atoms with Crippen LogP contribution < -0.4 is 4.74 Å². The van der Waals surface area contributed by atoms with Gasteiger partial charge in [0.25, 0.3) is 0 Å². The van der Waals surface area contributed by atoms with Gasteiger partial charge in [0, 0.05) is 5.56 Å². The molecule has 4 heteroatoms. The molecule has 1 rings (SSSR count). The van der Waals surface area contributed by atoms with Crippen LogP contribution in [0.3, 0.4) is 0 Å². The molecule has 0 amide bonds. The van der Waals surface area contributed by atoms with Gasteiger partial charge in [-0.3, -0.25) is 0 Å². The molecule has 1 N–H and O–H groups in total. The third-order valence-corrected chi connectivity index (χ3v) is 2.63. The fraction of sp³-hybridized carbons (Fsp3) is 0.571. The molecule has 0 fully saturated rings. The normalized spacial score (nSPS) is 12.8. The Morgan fingerprint density at radius 1 is 1.33 bits per heavy atom. The van der Waals surface area contributed by atoms with E-state index in [9.17, 15) is 4.39 Å². The molecule has 1 atom stereocenters. The van der Waals surface area contributed by atoms with Gasteiger partial charge in [0.2, 0.25) is 0 Å². The fourth-order valence-corrected chi connectivity index (χ4v) is 1.86. The predicted octanol–water partition coefficient (Wildman–Crippen LogP) is 2.93. The van der Waals surface area contributed by atoms with Crippen molar-refractivity contribution in [1.82, 2.24) is 0 Å². The Balaban J connectivity index is 2.98. The van der Waals surface area contributed by atoms with Gasteiger partial charge in [0.15, 0.2) is 0 Å². The second kappa shape index (κ2) is 7.34.